The minimum Gasteiger partial charge on any atom is -0.465 e. The van der Waals surface area contributed by atoms with E-state index in [9.17, 15) is 4.79 Å². The van der Waals surface area contributed by atoms with E-state index in [-0.39, 0.29) is 11.5 Å². The second kappa shape index (κ2) is 5.64. The Labute approximate surface area is 98.1 Å². The Hall–Kier alpha value is -0.610. The lowest BCUT2D eigenvalue weighted by atomic mass is 9.88. The highest BCUT2D eigenvalue weighted by atomic mass is 16.5. The van der Waals surface area contributed by atoms with Crippen LogP contribution in [0.15, 0.2) is 0 Å². The monoisotopic (exact) mass is 228 g/mol. The van der Waals surface area contributed by atoms with Crippen molar-refractivity contribution in [3.8, 4) is 0 Å². The summed E-state index contributed by atoms with van der Waals surface area (Å²) in [6, 6.07) is -0.546. The van der Waals surface area contributed by atoms with Crippen molar-refractivity contribution in [2.75, 3.05) is 19.7 Å². The van der Waals surface area contributed by atoms with E-state index in [0.29, 0.717) is 6.61 Å². The number of esters is 1. The predicted molar refractivity (Wildman–Crippen MR) is 64.1 cm³/mol. The molecule has 94 valence electrons. The lowest BCUT2D eigenvalue weighted by Gasteiger charge is -2.41. The smallest absolute Gasteiger partial charge is 0.324 e. The third-order valence-electron chi connectivity index (χ3n) is 3.75. The summed E-state index contributed by atoms with van der Waals surface area (Å²) in [7, 11) is 0. The summed E-state index contributed by atoms with van der Waals surface area (Å²) in [6.07, 6.45) is 3.27. The van der Waals surface area contributed by atoms with Crippen LogP contribution in [0.1, 0.15) is 40.0 Å². The van der Waals surface area contributed by atoms with Gasteiger partial charge in [-0.2, -0.15) is 0 Å². The molecule has 1 heterocycles. The normalized spacial score (nSPS) is 22.8. The van der Waals surface area contributed by atoms with Gasteiger partial charge in [-0.05, 0) is 46.2 Å². The molecule has 0 aromatic rings. The molecule has 1 aliphatic rings. The van der Waals surface area contributed by atoms with Gasteiger partial charge in [0.1, 0.15) is 6.04 Å². The van der Waals surface area contributed by atoms with Crippen LogP contribution in [0.3, 0.4) is 0 Å². The van der Waals surface area contributed by atoms with Gasteiger partial charge in [-0.25, -0.2) is 0 Å². The zero-order valence-electron chi connectivity index (χ0n) is 10.7. The molecule has 0 aliphatic carbocycles. The number of nitrogens with two attached hydrogens (primary N) is 1. The van der Waals surface area contributed by atoms with Gasteiger partial charge in [-0.1, -0.05) is 6.92 Å². The van der Waals surface area contributed by atoms with E-state index >= 15 is 0 Å². The first-order valence-corrected chi connectivity index (χ1v) is 6.23. The highest BCUT2D eigenvalue weighted by Crippen LogP contribution is 2.27. The Morgan fingerprint density at radius 3 is 2.44 bits per heavy atom. The summed E-state index contributed by atoms with van der Waals surface area (Å²) in [5.41, 5.74) is 5.79. The first-order valence-electron chi connectivity index (χ1n) is 6.23. The largest absolute Gasteiger partial charge is 0.465 e. The maximum absolute atomic E-state index is 11.7. The van der Waals surface area contributed by atoms with E-state index in [2.05, 4.69) is 18.7 Å². The second-order valence-corrected chi connectivity index (χ2v) is 4.63. The van der Waals surface area contributed by atoms with Crippen molar-refractivity contribution in [1.82, 2.24) is 4.90 Å². The van der Waals surface area contributed by atoms with Gasteiger partial charge in [0.05, 0.1) is 6.61 Å². The molecule has 2 atom stereocenters. The Bertz CT molecular complexity index is 239. The zero-order valence-corrected chi connectivity index (χ0v) is 10.7. The van der Waals surface area contributed by atoms with Crippen LogP contribution in [0.2, 0.25) is 0 Å². The van der Waals surface area contributed by atoms with Crippen LogP contribution in [0.5, 0.6) is 0 Å². The number of carbonyl (C=O) groups excluding carboxylic acids is 1. The summed E-state index contributed by atoms with van der Waals surface area (Å²) in [4.78, 5) is 14.1. The molecule has 0 radical (unpaired) electrons. The number of nitrogens with zero attached hydrogens (tertiary/aromatic N) is 1. The Kier molecular flexibility index (Phi) is 4.74. The van der Waals surface area contributed by atoms with Crippen molar-refractivity contribution in [3.05, 3.63) is 0 Å². The third-order valence-corrected chi connectivity index (χ3v) is 3.75. The quantitative estimate of drug-likeness (QED) is 0.717. The van der Waals surface area contributed by atoms with Crippen molar-refractivity contribution >= 4 is 5.97 Å². The van der Waals surface area contributed by atoms with Gasteiger partial charge in [0.25, 0.3) is 0 Å². The molecule has 0 aromatic carbocycles. The Morgan fingerprint density at radius 2 is 2.00 bits per heavy atom. The summed E-state index contributed by atoms with van der Waals surface area (Å²) in [6.45, 7) is 8.43. The molecule has 0 saturated carbocycles. The molecule has 0 spiro atoms. The van der Waals surface area contributed by atoms with Gasteiger partial charge in [0.15, 0.2) is 0 Å². The minimum atomic E-state index is -0.546. The molecule has 1 rings (SSSR count). The number of carbonyl (C=O) groups is 1. The van der Waals surface area contributed by atoms with Crippen LogP contribution in [0, 0.1) is 0 Å². The van der Waals surface area contributed by atoms with Crippen molar-refractivity contribution in [3.63, 3.8) is 0 Å². The van der Waals surface area contributed by atoms with Crippen molar-refractivity contribution < 1.29 is 9.53 Å². The van der Waals surface area contributed by atoms with E-state index in [1.807, 2.05) is 6.92 Å². The van der Waals surface area contributed by atoms with Gasteiger partial charge in [-0.3, -0.25) is 9.69 Å². The summed E-state index contributed by atoms with van der Waals surface area (Å²) < 4.78 is 5.02. The fraction of sp³-hybridized carbons (Fsp3) is 0.917. The molecule has 16 heavy (non-hydrogen) atoms. The number of ether oxygens (including phenoxy) is 1. The average Bonchev–Trinajstić information content (AvgIpc) is 2.81. The second-order valence-electron chi connectivity index (χ2n) is 4.63. The first-order chi connectivity index (χ1) is 7.56. The Balaban J connectivity index is 2.73. The molecule has 1 saturated heterocycles. The van der Waals surface area contributed by atoms with E-state index in [1.54, 1.807) is 0 Å². The summed E-state index contributed by atoms with van der Waals surface area (Å²) in [5.74, 6) is -0.279. The van der Waals surface area contributed by atoms with Gasteiger partial charge in [0, 0.05) is 5.54 Å². The molecule has 4 heteroatoms. The van der Waals surface area contributed by atoms with Crippen LogP contribution < -0.4 is 5.73 Å². The topological polar surface area (TPSA) is 55.6 Å². The molecular formula is C12H24N2O2. The molecule has 1 fully saturated rings. The number of hydrogen-bond donors (Lipinski definition) is 1. The van der Waals surface area contributed by atoms with E-state index in [1.165, 1.54) is 12.8 Å². The fourth-order valence-corrected chi connectivity index (χ4v) is 2.35. The molecular weight excluding hydrogens is 204 g/mol. The number of likely N-dealkylation sites (tertiary alicyclic amines) is 1. The van der Waals surface area contributed by atoms with Gasteiger partial charge in [-0.15, -0.1) is 0 Å². The fourth-order valence-electron chi connectivity index (χ4n) is 2.35. The molecule has 4 nitrogen and oxygen atoms in total. The van der Waals surface area contributed by atoms with Gasteiger partial charge >= 0.3 is 5.97 Å². The highest BCUT2D eigenvalue weighted by Gasteiger charge is 2.41. The van der Waals surface area contributed by atoms with E-state index < -0.39 is 6.04 Å². The van der Waals surface area contributed by atoms with E-state index in [4.69, 9.17) is 10.5 Å². The lowest BCUT2D eigenvalue weighted by molar-refractivity contribution is -0.148. The number of rotatable bonds is 5. The predicted octanol–water partition coefficient (Wildman–Crippen LogP) is 1.14. The van der Waals surface area contributed by atoms with Crippen LogP contribution in [0.4, 0.5) is 0 Å². The summed E-state index contributed by atoms with van der Waals surface area (Å²) >= 11 is 0. The maximum atomic E-state index is 11.7. The van der Waals surface area contributed by atoms with Crippen LogP contribution in [0.25, 0.3) is 0 Å². The minimum absolute atomic E-state index is 0.261. The SMILES string of the molecule is CCOC(=O)[C@H](N)[C@](C)(CC)N1CCCC1. The molecule has 2 N–H and O–H groups in total. The maximum Gasteiger partial charge on any atom is 0.324 e. The Morgan fingerprint density at radius 1 is 1.44 bits per heavy atom. The van der Waals surface area contributed by atoms with E-state index in [0.717, 1.165) is 19.5 Å². The highest BCUT2D eigenvalue weighted by molar-refractivity contribution is 5.77. The van der Waals surface area contributed by atoms with Crippen LogP contribution in [-0.2, 0) is 9.53 Å². The van der Waals surface area contributed by atoms with Gasteiger partial charge < -0.3 is 10.5 Å². The first kappa shape index (κ1) is 13.5. The zero-order chi connectivity index (χ0) is 12.2. The molecule has 0 amide bonds. The number of hydrogen-bond acceptors (Lipinski definition) is 4. The van der Waals surface area contributed by atoms with Crippen molar-refractivity contribution in [2.24, 2.45) is 5.73 Å². The molecule has 1 aliphatic heterocycles. The van der Waals surface area contributed by atoms with Crippen LogP contribution >= 0.6 is 0 Å². The van der Waals surface area contributed by atoms with Gasteiger partial charge in [0.2, 0.25) is 0 Å². The van der Waals surface area contributed by atoms with Crippen molar-refractivity contribution in [2.45, 2.75) is 51.6 Å². The third kappa shape index (κ3) is 2.55. The summed E-state index contributed by atoms with van der Waals surface area (Å²) in [5, 5.41) is 0. The molecule has 0 bridgehead atoms. The van der Waals surface area contributed by atoms with Crippen molar-refractivity contribution in [1.29, 1.82) is 0 Å². The average molecular weight is 228 g/mol. The molecule has 0 unspecified atom stereocenters. The standard InChI is InChI=1S/C12H24N2O2/c1-4-12(3,14-8-6-7-9-14)10(13)11(15)16-5-2/h10H,4-9,13H2,1-3H3/t10-,12-/m0/s1. The molecule has 0 aromatic heterocycles. The van der Waals surface area contributed by atoms with Crippen LogP contribution in [-0.4, -0.2) is 42.1 Å². The lowest BCUT2D eigenvalue weighted by Crippen LogP contribution is -2.60.